The van der Waals surface area contributed by atoms with Gasteiger partial charge in [-0.1, -0.05) is 11.8 Å². The molecule has 0 radical (unpaired) electrons. The van der Waals surface area contributed by atoms with Crippen molar-refractivity contribution in [3.63, 3.8) is 0 Å². The molecule has 0 fully saturated rings. The molecule has 0 aliphatic rings. The molecule has 2 rings (SSSR count). The zero-order valence-electron chi connectivity index (χ0n) is 12.3. The number of halogens is 1. The van der Waals surface area contributed by atoms with E-state index in [0.717, 1.165) is 11.8 Å². The molecular weight excluding hydrogens is 323 g/mol. The van der Waals surface area contributed by atoms with E-state index in [2.05, 4.69) is 20.8 Å². The van der Waals surface area contributed by atoms with Crippen LogP contribution >= 0.6 is 11.8 Å². The number of hydrogen-bond acceptors (Lipinski definition) is 6. The third-order valence-corrected chi connectivity index (χ3v) is 3.46. The Morgan fingerprint density at radius 3 is 2.61 bits per heavy atom. The lowest BCUT2D eigenvalue weighted by molar-refractivity contribution is -0.124. The average molecular weight is 338 g/mol. The molecule has 2 amide bonds. The van der Waals surface area contributed by atoms with E-state index in [9.17, 15) is 14.0 Å². The van der Waals surface area contributed by atoms with Gasteiger partial charge in [-0.05, 0) is 31.2 Å². The van der Waals surface area contributed by atoms with Crippen molar-refractivity contribution >= 4 is 23.6 Å². The lowest BCUT2D eigenvalue weighted by Crippen LogP contribution is -2.37. The highest BCUT2D eigenvalue weighted by Crippen LogP contribution is 2.23. The van der Waals surface area contributed by atoms with Crippen LogP contribution in [0.2, 0.25) is 0 Å². The highest BCUT2D eigenvalue weighted by Gasteiger charge is 2.11. The number of nitrogens with zero attached hydrogens (tertiary/aromatic N) is 2. The van der Waals surface area contributed by atoms with Gasteiger partial charge in [0.2, 0.25) is 17.7 Å². The smallest absolute Gasteiger partial charge is 0.277 e. The molecule has 0 spiro atoms. The fourth-order valence-corrected chi connectivity index (χ4v) is 2.19. The van der Waals surface area contributed by atoms with Gasteiger partial charge in [0.15, 0.2) is 0 Å². The minimum atomic E-state index is -0.355. The molecule has 7 nitrogen and oxygen atoms in total. The summed E-state index contributed by atoms with van der Waals surface area (Å²) in [5.41, 5.74) is 0.589. The first-order chi connectivity index (χ1) is 11.1. The summed E-state index contributed by atoms with van der Waals surface area (Å²) in [6, 6.07) is 5.63. The predicted octanol–water partition coefficient (Wildman–Crippen LogP) is 1.22. The van der Waals surface area contributed by atoms with Crippen LogP contribution in [-0.2, 0) is 9.59 Å². The molecule has 1 aromatic heterocycles. The first-order valence-electron chi connectivity index (χ1n) is 6.84. The maximum atomic E-state index is 12.9. The molecule has 0 atom stereocenters. The van der Waals surface area contributed by atoms with Crippen molar-refractivity contribution in [2.45, 2.75) is 12.1 Å². The minimum absolute atomic E-state index is 0.0461. The SMILES string of the molecule is CCNC(=O)CNC(=O)CSc1nnc(-c2ccc(F)cc2)o1. The Hall–Kier alpha value is -2.42. The van der Waals surface area contributed by atoms with Crippen LogP contribution in [0.1, 0.15) is 6.92 Å². The van der Waals surface area contributed by atoms with E-state index in [1.807, 2.05) is 0 Å². The molecule has 0 saturated carbocycles. The van der Waals surface area contributed by atoms with Gasteiger partial charge in [0.1, 0.15) is 5.82 Å². The van der Waals surface area contributed by atoms with Crippen LogP contribution in [0.25, 0.3) is 11.5 Å². The predicted molar refractivity (Wildman–Crippen MR) is 82.1 cm³/mol. The number of nitrogens with one attached hydrogen (secondary N) is 2. The highest BCUT2D eigenvalue weighted by molar-refractivity contribution is 7.99. The maximum absolute atomic E-state index is 12.9. The highest BCUT2D eigenvalue weighted by atomic mass is 32.2. The van der Waals surface area contributed by atoms with E-state index in [1.165, 1.54) is 24.3 Å². The molecule has 9 heteroatoms. The molecular formula is C14H15FN4O3S. The second-order valence-electron chi connectivity index (χ2n) is 4.40. The second kappa shape index (κ2) is 8.28. The van der Waals surface area contributed by atoms with Gasteiger partial charge in [-0.15, -0.1) is 10.2 Å². The lowest BCUT2D eigenvalue weighted by atomic mass is 10.2. The monoisotopic (exact) mass is 338 g/mol. The number of benzene rings is 1. The van der Waals surface area contributed by atoms with Gasteiger partial charge in [-0.25, -0.2) is 4.39 Å². The molecule has 0 bridgehead atoms. The van der Waals surface area contributed by atoms with Crippen LogP contribution in [0.3, 0.4) is 0 Å². The third kappa shape index (κ3) is 5.37. The lowest BCUT2D eigenvalue weighted by Gasteiger charge is -2.03. The molecule has 2 N–H and O–H groups in total. The number of thioether (sulfide) groups is 1. The summed E-state index contributed by atoms with van der Waals surface area (Å²) in [5, 5.41) is 12.9. The van der Waals surface area contributed by atoms with Crippen LogP contribution in [0, 0.1) is 5.82 Å². The number of amides is 2. The Balaban J connectivity index is 1.81. The van der Waals surface area contributed by atoms with Crippen LogP contribution < -0.4 is 10.6 Å². The number of hydrogen-bond donors (Lipinski definition) is 2. The Kier molecular flexibility index (Phi) is 6.10. The van der Waals surface area contributed by atoms with Crippen molar-refractivity contribution < 1.29 is 18.4 Å². The molecule has 1 heterocycles. The van der Waals surface area contributed by atoms with E-state index < -0.39 is 0 Å². The number of likely N-dealkylation sites (N-methyl/N-ethyl adjacent to an activating group) is 1. The zero-order chi connectivity index (χ0) is 16.7. The van der Waals surface area contributed by atoms with Crippen molar-refractivity contribution in [1.82, 2.24) is 20.8 Å². The van der Waals surface area contributed by atoms with Gasteiger partial charge >= 0.3 is 0 Å². The molecule has 0 aliphatic heterocycles. The first kappa shape index (κ1) is 16.9. The molecule has 2 aromatic rings. The number of carbonyl (C=O) groups excluding carboxylic acids is 2. The summed E-state index contributed by atoms with van der Waals surface area (Å²) in [5.74, 6) is -0.628. The van der Waals surface area contributed by atoms with E-state index in [0.29, 0.717) is 12.1 Å². The molecule has 0 unspecified atom stereocenters. The van der Waals surface area contributed by atoms with Crippen molar-refractivity contribution in [2.24, 2.45) is 0 Å². The Labute approximate surface area is 136 Å². The summed E-state index contributed by atoms with van der Waals surface area (Å²) >= 11 is 1.05. The molecule has 1 aromatic carbocycles. The van der Waals surface area contributed by atoms with Crippen molar-refractivity contribution in [1.29, 1.82) is 0 Å². The van der Waals surface area contributed by atoms with Gasteiger partial charge in [-0.2, -0.15) is 0 Å². The standard InChI is InChI=1S/C14H15FN4O3S/c1-2-16-11(20)7-17-12(21)8-23-14-19-18-13(22-14)9-3-5-10(15)6-4-9/h3-6H,2,7-8H2,1H3,(H,16,20)(H,17,21). The van der Waals surface area contributed by atoms with Gasteiger partial charge in [0, 0.05) is 12.1 Å². The minimum Gasteiger partial charge on any atom is -0.411 e. The van der Waals surface area contributed by atoms with E-state index in [4.69, 9.17) is 4.42 Å². The molecule has 122 valence electrons. The Morgan fingerprint density at radius 2 is 1.91 bits per heavy atom. The van der Waals surface area contributed by atoms with Gasteiger partial charge < -0.3 is 15.1 Å². The largest absolute Gasteiger partial charge is 0.411 e. The second-order valence-corrected chi connectivity index (χ2v) is 5.33. The third-order valence-electron chi connectivity index (χ3n) is 2.64. The number of rotatable bonds is 7. The summed E-state index contributed by atoms with van der Waals surface area (Å²) < 4.78 is 18.2. The number of carbonyl (C=O) groups is 2. The normalized spacial score (nSPS) is 10.3. The van der Waals surface area contributed by atoms with Crippen LogP contribution in [0.15, 0.2) is 33.9 Å². The van der Waals surface area contributed by atoms with Gasteiger partial charge in [0.25, 0.3) is 5.22 Å². The summed E-state index contributed by atoms with van der Waals surface area (Å²) in [7, 11) is 0. The fourth-order valence-electron chi connectivity index (χ4n) is 1.59. The topological polar surface area (TPSA) is 97.1 Å². The van der Waals surface area contributed by atoms with Gasteiger partial charge in [0.05, 0.1) is 12.3 Å². The molecule has 23 heavy (non-hydrogen) atoms. The average Bonchev–Trinajstić information content (AvgIpc) is 3.01. The van der Waals surface area contributed by atoms with Crippen molar-refractivity contribution in [2.75, 3.05) is 18.8 Å². The van der Waals surface area contributed by atoms with Gasteiger partial charge in [-0.3, -0.25) is 9.59 Å². The van der Waals surface area contributed by atoms with Crippen LogP contribution in [-0.4, -0.2) is 40.9 Å². The Bertz CT molecular complexity index is 675. The molecule has 0 aliphatic carbocycles. The Morgan fingerprint density at radius 1 is 1.17 bits per heavy atom. The first-order valence-corrected chi connectivity index (χ1v) is 7.82. The summed E-state index contributed by atoms with van der Waals surface area (Å²) in [6.07, 6.45) is 0. The summed E-state index contributed by atoms with van der Waals surface area (Å²) in [6.45, 7) is 2.24. The fraction of sp³-hybridized carbons (Fsp3) is 0.286. The van der Waals surface area contributed by atoms with Crippen molar-refractivity contribution in [3.05, 3.63) is 30.1 Å². The quantitative estimate of drug-likeness (QED) is 0.737. The zero-order valence-corrected chi connectivity index (χ0v) is 13.2. The van der Waals surface area contributed by atoms with E-state index in [1.54, 1.807) is 6.92 Å². The maximum Gasteiger partial charge on any atom is 0.277 e. The van der Waals surface area contributed by atoms with Crippen LogP contribution in [0.5, 0.6) is 0 Å². The summed E-state index contributed by atoms with van der Waals surface area (Å²) in [4.78, 5) is 22.8. The van der Waals surface area contributed by atoms with Crippen molar-refractivity contribution in [3.8, 4) is 11.5 Å². The van der Waals surface area contributed by atoms with E-state index >= 15 is 0 Å². The molecule has 0 saturated heterocycles. The van der Waals surface area contributed by atoms with E-state index in [-0.39, 0.29) is 41.0 Å². The van der Waals surface area contributed by atoms with Crippen LogP contribution in [0.4, 0.5) is 4.39 Å². The number of aromatic nitrogens is 2.